The Morgan fingerprint density at radius 2 is 2.21 bits per heavy atom. The Bertz CT molecular complexity index is 450. The predicted octanol–water partition coefficient (Wildman–Crippen LogP) is 3.07. The maximum absolute atomic E-state index is 11.3. The van der Waals surface area contributed by atoms with Crippen LogP contribution in [0.3, 0.4) is 0 Å². The number of rotatable bonds is 3. The van der Waals surface area contributed by atoms with Crippen LogP contribution < -0.4 is 4.90 Å². The predicted molar refractivity (Wildman–Crippen MR) is 80.4 cm³/mol. The Kier molecular flexibility index (Phi) is 4.83. The Hall–Kier alpha value is -1.06. The van der Waals surface area contributed by atoms with Crippen LogP contribution >= 0.6 is 11.6 Å². The quantitative estimate of drug-likeness (QED) is 0.795. The van der Waals surface area contributed by atoms with Crippen LogP contribution in [0.2, 0.25) is 5.02 Å². The summed E-state index contributed by atoms with van der Waals surface area (Å²) in [7, 11) is 2.15. The van der Waals surface area contributed by atoms with E-state index in [9.17, 15) is 4.79 Å². The van der Waals surface area contributed by atoms with Gasteiger partial charge in [0, 0.05) is 24.7 Å². The van der Waals surface area contributed by atoms with Crippen LogP contribution in [0, 0.1) is 0 Å². The summed E-state index contributed by atoms with van der Waals surface area (Å²) in [6.07, 6.45) is 3.05. The van der Waals surface area contributed by atoms with Gasteiger partial charge in [0.15, 0.2) is 6.29 Å². The van der Waals surface area contributed by atoms with E-state index in [0.29, 0.717) is 16.6 Å². The van der Waals surface area contributed by atoms with Crippen molar-refractivity contribution in [2.24, 2.45) is 0 Å². The zero-order chi connectivity index (χ0) is 13.8. The fraction of sp³-hybridized carbons (Fsp3) is 0.533. The molecule has 0 aliphatic carbocycles. The zero-order valence-corrected chi connectivity index (χ0v) is 12.4. The standard InChI is InChI=1S/C15H21ClN2O/c1-3-13-10-17(2)8-5-9-18(13)15-12(11-19)6-4-7-14(15)16/h4,6-7,11,13H,3,5,8-10H2,1-2H3. The van der Waals surface area contributed by atoms with E-state index < -0.39 is 0 Å². The van der Waals surface area contributed by atoms with Crippen LogP contribution in [0.1, 0.15) is 30.1 Å². The van der Waals surface area contributed by atoms with Gasteiger partial charge in [0.05, 0.1) is 10.7 Å². The van der Waals surface area contributed by atoms with Crippen molar-refractivity contribution in [2.45, 2.75) is 25.8 Å². The number of halogens is 1. The van der Waals surface area contributed by atoms with Crippen molar-refractivity contribution in [2.75, 3.05) is 31.6 Å². The van der Waals surface area contributed by atoms with Crippen molar-refractivity contribution in [1.29, 1.82) is 0 Å². The van der Waals surface area contributed by atoms with Crippen LogP contribution in [-0.4, -0.2) is 43.9 Å². The number of benzene rings is 1. The first-order valence-electron chi connectivity index (χ1n) is 6.86. The van der Waals surface area contributed by atoms with E-state index in [1.807, 2.05) is 18.2 Å². The molecule has 1 fully saturated rings. The number of aldehydes is 1. The van der Waals surface area contributed by atoms with E-state index in [1.54, 1.807) is 0 Å². The molecule has 1 saturated heterocycles. The normalized spacial score (nSPS) is 21.2. The Morgan fingerprint density at radius 1 is 1.42 bits per heavy atom. The molecular formula is C15H21ClN2O. The summed E-state index contributed by atoms with van der Waals surface area (Å²) < 4.78 is 0. The highest BCUT2D eigenvalue weighted by Gasteiger charge is 2.25. The number of para-hydroxylation sites is 1. The molecule has 0 amide bonds. The lowest BCUT2D eigenvalue weighted by molar-refractivity contribution is 0.112. The minimum absolute atomic E-state index is 0.408. The largest absolute Gasteiger partial charge is 0.365 e. The van der Waals surface area contributed by atoms with Crippen LogP contribution in [-0.2, 0) is 0 Å². The van der Waals surface area contributed by atoms with E-state index in [4.69, 9.17) is 11.6 Å². The molecule has 1 atom stereocenters. The number of carbonyl (C=O) groups excluding carboxylic acids is 1. The second-order valence-corrected chi connectivity index (χ2v) is 5.57. The molecule has 1 aromatic rings. The van der Waals surface area contributed by atoms with E-state index in [-0.39, 0.29) is 0 Å². The number of hydrogen-bond acceptors (Lipinski definition) is 3. The Balaban J connectivity index is 2.40. The third-order valence-corrected chi connectivity index (χ3v) is 4.11. The average Bonchev–Trinajstić information content (AvgIpc) is 2.59. The first-order valence-corrected chi connectivity index (χ1v) is 7.24. The first-order chi connectivity index (χ1) is 9.17. The Labute approximate surface area is 120 Å². The highest BCUT2D eigenvalue weighted by molar-refractivity contribution is 6.34. The topological polar surface area (TPSA) is 23.6 Å². The zero-order valence-electron chi connectivity index (χ0n) is 11.6. The molecule has 0 spiro atoms. The van der Waals surface area contributed by atoms with Crippen molar-refractivity contribution in [3.05, 3.63) is 28.8 Å². The van der Waals surface area contributed by atoms with Crippen molar-refractivity contribution in [3.63, 3.8) is 0 Å². The molecule has 1 aliphatic heterocycles. The molecule has 19 heavy (non-hydrogen) atoms. The molecule has 1 unspecified atom stereocenters. The summed E-state index contributed by atoms with van der Waals surface area (Å²) in [5.41, 5.74) is 1.59. The van der Waals surface area contributed by atoms with Crippen LogP contribution in [0.25, 0.3) is 0 Å². The lowest BCUT2D eigenvalue weighted by atomic mass is 10.1. The number of hydrogen-bond donors (Lipinski definition) is 0. The molecule has 0 aromatic heterocycles. The van der Waals surface area contributed by atoms with Crippen LogP contribution in [0.5, 0.6) is 0 Å². The molecule has 0 radical (unpaired) electrons. The molecule has 0 saturated carbocycles. The van der Waals surface area contributed by atoms with Gasteiger partial charge in [-0.3, -0.25) is 4.79 Å². The van der Waals surface area contributed by atoms with Crippen molar-refractivity contribution >= 4 is 23.6 Å². The summed E-state index contributed by atoms with van der Waals surface area (Å²) in [6.45, 7) is 5.25. The minimum Gasteiger partial charge on any atom is -0.365 e. The number of nitrogens with zero attached hydrogens (tertiary/aromatic N) is 2. The van der Waals surface area contributed by atoms with Gasteiger partial charge in [-0.2, -0.15) is 0 Å². The summed E-state index contributed by atoms with van der Waals surface area (Å²) >= 11 is 6.34. The molecule has 0 N–H and O–H groups in total. The number of anilines is 1. The molecule has 4 heteroatoms. The maximum atomic E-state index is 11.3. The molecule has 2 rings (SSSR count). The second kappa shape index (κ2) is 6.40. The van der Waals surface area contributed by atoms with E-state index in [0.717, 1.165) is 44.4 Å². The Morgan fingerprint density at radius 3 is 2.89 bits per heavy atom. The third-order valence-electron chi connectivity index (χ3n) is 3.81. The maximum Gasteiger partial charge on any atom is 0.152 e. The molecular weight excluding hydrogens is 260 g/mol. The summed E-state index contributed by atoms with van der Waals surface area (Å²) in [5, 5.41) is 0.674. The van der Waals surface area contributed by atoms with Crippen molar-refractivity contribution in [3.8, 4) is 0 Å². The molecule has 1 heterocycles. The van der Waals surface area contributed by atoms with Gasteiger partial charge in [0.2, 0.25) is 0 Å². The van der Waals surface area contributed by atoms with Gasteiger partial charge >= 0.3 is 0 Å². The number of likely N-dealkylation sites (N-methyl/N-ethyl adjacent to an activating group) is 1. The summed E-state index contributed by atoms with van der Waals surface area (Å²) in [4.78, 5) is 15.9. The van der Waals surface area contributed by atoms with E-state index in [2.05, 4.69) is 23.8 Å². The molecule has 1 aliphatic rings. The van der Waals surface area contributed by atoms with E-state index >= 15 is 0 Å². The van der Waals surface area contributed by atoms with Crippen molar-refractivity contribution < 1.29 is 4.79 Å². The van der Waals surface area contributed by atoms with Gasteiger partial charge in [0.25, 0.3) is 0 Å². The lowest BCUT2D eigenvalue weighted by Gasteiger charge is -2.33. The fourth-order valence-corrected chi connectivity index (χ4v) is 3.11. The SMILES string of the molecule is CCC1CN(C)CCCN1c1c(Cl)cccc1C=O. The van der Waals surface area contributed by atoms with Gasteiger partial charge < -0.3 is 9.80 Å². The monoisotopic (exact) mass is 280 g/mol. The summed E-state index contributed by atoms with van der Waals surface area (Å²) in [5.74, 6) is 0. The van der Waals surface area contributed by atoms with Gasteiger partial charge in [0.1, 0.15) is 0 Å². The van der Waals surface area contributed by atoms with Gasteiger partial charge in [-0.15, -0.1) is 0 Å². The van der Waals surface area contributed by atoms with Gasteiger partial charge in [-0.05, 0) is 38.6 Å². The third kappa shape index (κ3) is 3.10. The van der Waals surface area contributed by atoms with Crippen LogP contribution in [0.15, 0.2) is 18.2 Å². The molecule has 104 valence electrons. The number of carbonyl (C=O) groups is 1. The minimum atomic E-state index is 0.408. The van der Waals surface area contributed by atoms with Crippen molar-refractivity contribution in [1.82, 2.24) is 4.90 Å². The average molecular weight is 281 g/mol. The molecule has 3 nitrogen and oxygen atoms in total. The van der Waals surface area contributed by atoms with Gasteiger partial charge in [-0.25, -0.2) is 0 Å². The van der Waals surface area contributed by atoms with Crippen LogP contribution in [0.4, 0.5) is 5.69 Å². The highest BCUT2D eigenvalue weighted by atomic mass is 35.5. The fourth-order valence-electron chi connectivity index (χ4n) is 2.82. The summed E-state index contributed by atoms with van der Waals surface area (Å²) in [6, 6.07) is 5.95. The molecule has 0 bridgehead atoms. The van der Waals surface area contributed by atoms with E-state index in [1.165, 1.54) is 0 Å². The second-order valence-electron chi connectivity index (χ2n) is 5.17. The van der Waals surface area contributed by atoms with Gasteiger partial charge in [-0.1, -0.05) is 24.6 Å². The first kappa shape index (κ1) is 14.4. The lowest BCUT2D eigenvalue weighted by Crippen LogP contribution is -2.40. The smallest absolute Gasteiger partial charge is 0.152 e. The molecule has 1 aromatic carbocycles. The highest BCUT2D eigenvalue weighted by Crippen LogP contribution is 2.32.